The number of hydrogen-bond donors (Lipinski definition) is 3. The first-order valence-electron chi connectivity index (χ1n) is 12.7. The van der Waals surface area contributed by atoms with Crippen molar-refractivity contribution in [1.82, 2.24) is 4.31 Å². The smallest absolute Gasteiger partial charge is 0.323 e. The number of fused-ring (bicyclic) bond motifs is 1. The number of carbonyl (C=O) groups excluding carboxylic acids is 1. The highest BCUT2D eigenvalue weighted by Gasteiger charge is 2.31. The predicted octanol–water partition coefficient (Wildman–Crippen LogP) is 4.12. The molecule has 2 unspecified atom stereocenters. The molecule has 0 aliphatic carbocycles. The minimum Gasteiger partial charge on any atom is -0.491 e. The highest BCUT2D eigenvalue weighted by Crippen LogP contribution is 2.38. The molecule has 1 aliphatic heterocycles. The molecule has 4 rings (SSSR count). The van der Waals surface area contributed by atoms with Crippen LogP contribution in [-0.4, -0.2) is 43.1 Å². The molecule has 0 saturated heterocycles. The van der Waals surface area contributed by atoms with Crippen LogP contribution in [0.4, 0.5) is 11.4 Å². The zero-order chi connectivity index (χ0) is 27.4. The van der Waals surface area contributed by atoms with Crippen molar-refractivity contribution in [3.63, 3.8) is 0 Å². The lowest BCUT2D eigenvalue weighted by atomic mass is 9.81. The Bertz CT molecular complexity index is 1300. The molecule has 6 N–H and O–H groups in total. The SMILES string of the molecule is CCOC(=O)C(N)C(c1ccc(C)c(CN2CCOc3ccccc3S2)c1)c1ccc(N(C)N)c(N)c1C. The van der Waals surface area contributed by atoms with Gasteiger partial charge >= 0.3 is 5.97 Å². The minimum absolute atomic E-state index is 0.256. The van der Waals surface area contributed by atoms with Crippen LogP contribution in [0.15, 0.2) is 59.5 Å². The van der Waals surface area contributed by atoms with E-state index in [1.54, 1.807) is 25.9 Å². The van der Waals surface area contributed by atoms with E-state index >= 15 is 0 Å². The topological polar surface area (TPSA) is 120 Å². The lowest BCUT2D eigenvalue weighted by Gasteiger charge is -2.28. The van der Waals surface area contributed by atoms with Gasteiger partial charge in [0.1, 0.15) is 18.4 Å². The summed E-state index contributed by atoms with van der Waals surface area (Å²) < 4.78 is 13.6. The normalized spacial score (nSPS) is 15.1. The van der Waals surface area contributed by atoms with Gasteiger partial charge in [0.15, 0.2) is 0 Å². The Kier molecular flexibility index (Phi) is 8.83. The van der Waals surface area contributed by atoms with Gasteiger partial charge in [-0.1, -0.05) is 36.4 Å². The van der Waals surface area contributed by atoms with Crippen molar-refractivity contribution in [2.75, 3.05) is 37.5 Å². The molecule has 0 aromatic heterocycles. The average molecular weight is 536 g/mol. The molecule has 1 aliphatic rings. The predicted molar refractivity (Wildman–Crippen MR) is 154 cm³/mol. The summed E-state index contributed by atoms with van der Waals surface area (Å²) in [6.07, 6.45) is 0. The molecule has 0 amide bonds. The Balaban J connectivity index is 1.72. The average Bonchev–Trinajstić information content (AvgIpc) is 3.10. The van der Waals surface area contributed by atoms with Gasteiger partial charge in [-0.2, -0.15) is 0 Å². The first-order chi connectivity index (χ1) is 18.2. The van der Waals surface area contributed by atoms with Gasteiger partial charge in [-0.05, 0) is 78.7 Å². The summed E-state index contributed by atoms with van der Waals surface area (Å²) in [6, 6.07) is 17.3. The number of hydrazine groups is 1. The molecule has 3 aromatic rings. The van der Waals surface area contributed by atoms with Crippen LogP contribution in [0.25, 0.3) is 0 Å². The Morgan fingerprint density at radius 3 is 2.68 bits per heavy atom. The maximum atomic E-state index is 12.9. The maximum absolute atomic E-state index is 12.9. The number of rotatable bonds is 8. The molecule has 9 heteroatoms. The number of hydrogen-bond acceptors (Lipinski definition) is 9. The second-order valence-electron chi connectivity index (χ2n) is 9.51. The quantitative estimate of drug-likeness (QED) is 0.129. The zero-order valence-electron chi connectivity index (χ0n) is 22.4. The molecule has 2 atom stereocenters. The molecule has 0 fully saturated rings. The summed E-state index contributed by atoms with van der Waals surface area (Å²) in [6.45, 7) is 8.16. The number of carbonyl (C=O) groups is 1. The third kappa shape index (κ3) is 5.91. The Morgan fingerprint density at radius 1 is 1.18 bits per heavy atom. The number of aryl methyl sites for hydroxylation is 1. The lowest BCUT2D eigenvalue weighted by Crippen LogP contribution is -2.39. The van der Waals surface area contributed by atoms with Crippen LogP contribution in [-0.2, 0) is 16.1 Å². The Morgan fingerprint density at radius 2 is 1.95 bits per heavy atom. The fraction of sp³-hybridized carbons (Fsp3) is 0.345. The van der Waals surface area contributed by atoms with Crippen LogP contribution in [0.3, 0.4) is 0 Å². The monoisotopic (exact) mass is 535 g/mol. The van der Waals surface area contributed by atoms with Gasteiger partial charge in [0.25, 0.3) is 0 Å². The van der Waals surface area contributed by atoms with Gasteiger partial charge in [0, 0.05) is 26.1 Å². The number of ether oxygens (including phenoxy) is 2. The van der Waals surface area contributed by atoms with Crippen LogP contribution in [0.2, 0.25) is 0 Å². The second kappa shape index (κ2) is 12.1. The standard InChI is InChI=1S/C29H37N5O3S/c1-5-36-29(35)28(31)26(22-12-13-23(33(4)32)27(30)19(22)3)20-11-10-18(2)21(16-20)17-34-14-15-37-24-8-6-7-9-25(24)38-34/h6-13,16,26,28H,5,14-15,17,30-32H2,1-4H3. The van der Waals surface area contributed by atoms with Crippen molar-refractivity contribution in [2.45, 2.75) is 44.2 Å². The number of anilines is 2. The molecule has 38 heavy (non-hydrogen) atoms. The molecule has 3 aromatic carbocycles. The summed E-state index contributed by atoms with van der Waals surface area (Å²) in [4.78, 5) is 14.0. The number of nitrogens with two attached hydrogens (primary N) is 3. The van der Waals surface area contributed by atoms with E-state index in [-0.39, 0.29) is 6.61 Å². The van der Waals surface area contributed by atoms with Crippen molar-refractivity contribution in [1.29, 1.82) is 0 Å². The van der Waals surface area contributed by atoms with Crippen molar-refractivity contribution in [2.24, 2.45) is 11.6 Å². The number of esters is 1. The summed E-state index contributed by atoms with van der Waals surface area (Å²) in [5.41, 5.74) is 19.3. The van der Waals surface area contributed by atoms with E-state index in [4.69, 9.17) is 26.8 Å². The van der Waals surface area contributed by atoms with Gasteiger partial charge in [-0.3, -0.25) is 4.79 Å². The lowest BCUT2D eigenvalue weighted by molar-refractivity contribution is -0.145. The summed E-state index contributed by atoms with van der Waals surface area (Å²) >= 11 is 1.69. The molecule has 0 saturated carbocycles. The van der Waals surface area contributed by atoms with Gasteiger partial charge in [-0.15, -0.1) is 0 Å². The zero-order valence-corrected chi connectivity index (χ0v) is 23.3. The number of benzene rings is 3. The first-order valence-corrected chi connectivity index (χ1v) is 13.5. The molecule has 0 radical (unpaired) electrons. The van der Waals surface area contributed by atoms with Crippen LogP contribution < -0.4 is 27.1 Å². The fourth-order valence-corrected chi connectivity index (χ4v) is 5.78. The highest BCUT2D eigenvalue weighted by molar-refractivity contribution is 7.97. The molecular weight excluding hydrogens is 498 g/mol. The number of nitrogen functional groups attached to an aromatic ring is 1. The highest BCUT2D eigenvalue weighted by atomic mass is 32.2. The van der Waals surface area contributed by atoms with E-state index in [2.05, 4.69) is 29.4 Å². The molecular formula is C29H37N5O3S. The van der Waals surface area contributed by atoms with E-state index < -0.39 is 17.9 Å². The molecule has 8 nitrogen and oxygen atoms in total. The third-order valence-corrected chi connectivity index (χ3v) is 8.02. The van der Waals surface area contributed by atoms with Gasteiger partial charge < -0.3 is 25.9 Å². The number of nitrogens with zero attached hydrogens (tertiary/aromatic N) is 2. The molecule has 202 valence electrons. The van der Waals surface area contributed by atoms with Crippen molar-refractivity contribution in [3.05, 3.63) is 82.4 Å². The molecule has 1 heterocycles. The fourth-order valence-electron chi connectivity index (χ4n) is 4.77. The third-order valence-electron chi connectivity index (χ3n) is 6.92. The van der Waals surface area contributed by atoms with Crippen molar-refractivity contribution < 1.29 is 14.3 Å². The van der Waals surface area contributed by atoms with E-state index in [1.807, 2.05) is 43.3 Å². The van der Waals surface area contributed by atoms with Crippen molar-refractivity contribution >= 4 is 29.3 Å². The van der Waals surface area contributed by atoms with Gasteiger partial charge in [-0.25, -0.2) is 10.1 Å². The van der Waals surface area contributed by atoms with Gasteiger partial charge in [0.05, 0.1) is 22.9 Å². The Labute approximate surface area is 229 Å². The van der Waals surface area contributed by atoms with Gasteiger partial charge in [0.2, 0.25) is 0 Å². The van der Waals surface area contributed by atoms with Crippen LogP contribution in [0, 0.1) is 13.8 Å². The van der Waals surface area contributed by atoms with E-state index in [1.165, 1.54) is 5.01 Å². The maximum Gasteiger partial charge on any atom is 0.323 e. The van der Waals surface area contributed by atoms with E-state index in [0.29, 0.717) is 24.5 Å². The molecule has 0 spiro atoms. The minimum atomic E-state index is -0.905. The first kappa shape index (κ1) is 27.8. The second-order valence-corrected chi connectivity index (χ2v) is 10.7. The van der Waals surface area contributed by atoms with E-state index in [0.717, 1.165) is 45.0 Å². The summed E-state index contributed by atoms with van der Waals surface area (Å²) in [5.74, 6) is 5.98. The van der Waals surface area contributed by atoms with Crippen LogP contribution >= 0.6 is 11.9 Å². The van der Waals surface area contributed by atoms with Crippen molar-refractivity contribution in [3.8, 4) is 5.75 Å². The van der Waals surface area contributed by atoms with E-state index in [9.17, 15) is 4.79 Å². The summed E-state index contributed by atoms with van der Waals surface area (Å²) in [5, 5.41) is 1.48. The Hall–Kier alpha value is -3.24. The van der Waals surface area contributed by atoms with Crippen LogP contribution in [0.1, 0.15) is 40.7 Å². The number of para-hydroxylation sites is 1. The van der Waals surface area contributed by atoms with Crippen LogP contribution in [0.5, 0.6) is 5.75 Å². The molecule has 0 bridgehead atoms. The summed E-state index contributed by atoms with van der Waals surface area (Å²) in [7, 11) is 1.74. The largest absolute Gasteiger partial charge is 0.491 e.